The Kier molecular flexibility index (Phi) is 3.51. The van der Waals surface area contributed by atoms with Crippen molar-refractivity contribution in [3.63, 3.8) is 0 Å². The molecule has 1 fully saturated rings. The van der Waals surface area contributed by atoms with Crippen LogP contribution in [-0.4, -0.2) is 25.8 Å². The first-order valence-corrected chi connectivity index (χ1v) is 5.01. The first-order valence-electron chi connectivity index (χ1n) is 5.01. The highest BCUT2D eigenvalue weighted by Gasteiger charge is 2.43. The molecule has 13 heavy (non-hydrogen) atoms. The third kappa shape index (κ3) is 2.12. The fraction of sp³-hybridized carbons (Fsp3) is 0.818. The van der Waals surface area contributed by atoms with Crippen LogP contribution in [0.4, 0.5) is 0 Å². The Bertz CT molecular complexity index is 179. The maximum Gasteiger partial charge on any atom is 0.0834 e. The second kappa shape index (κ2) is 4.25. The second-order valence-corrected chi connectivity index (χ2v) is 4.12. The van der Waals surface area contributed by atoms with Crippen molar-refractivity contribution in [2.45, 2.75) is 44.2 Å². The van der Waals surface area contributed by atoms with Gasteiger partial charge in [-0.1, -0.05) is 5.57 Å². The van der Waals surface area contributed by atoms with Crippen LogP contribution in [0.2, 0.25) is 0 Å². The average Bonchev–Trinajstić information content (AvgIpc) is 2.01. The minimum Gasteiger partial charge on any atom is -0.377 e. The van der Waals surface area contributed by atoms with Gasteiger partial charge in [-0.05, 0) is 39.7 Å². The zero-order valence-corrected chi connectivity index (χ0v) is 9.02. The van der Waals surface area contributed by atoms with E-state index in [0.717, 1.165) is 6.42 Å². The molecule has 1 unspecified atom stereocenters. The summed E-state index contributed by atoms with van der Waals surface area (Å²) in [5.41, 5.74) is 1.32. The number of hydrogen-bond acceptors (Lipinski definition) is 2. The number of rotatable bonds is 5. The fourth-order valence-corrected chi connectivity index (χ4v) is 2.12. The fourth-order valence-electron chi connectivity index (χ4n) is 2.12. The van der Waals surface area contributed by atoms with Gasteiger partial charge in [0, 0.05) is 13.2 Å². The van der Waals surface area contributed by atoms with Crippen molar-refractivity contribution in [2.24, 2.45) is 0 Å². The smallest absolute Gasteiger partial charge is 0.0834 e. The summed E-state index contributed by atoms with van der Waals surface area (Å²) in [5, 5.41) is 3.34. The maximum absolute atomic E-state index is 5.62. The van der Waals surface area contributed by atoms with Gasteiger partial charge >= 0.3 is 0 Å². The summed E-state index contributed by atoms with van der Waals surface area (Å²) < 4.78 is 5.62. The van der Waals surface area contributed by atoms with Crippen LogP contribution in [0.15, 0.2) is 12.2 Å². The Labute approximate surface area is 81.4 Å². The molecule has 1 aliphatic rings. The van der Waals surface area contributed by atoms with Crippen LogP contribution in [-0.2, 0) is 4.74 Å². The van der Waals surface area contributed by atoms with Crippen LogP contribution in [0, 0.1) is 0 Å². The summed E-state index contributed by atoms with van der Waals surface area (Å²) in [4.78, 5) is 0. The predicted octanol–water partition coefficient (Wildman–Crippen LogP) is 2.11. The molecule has 1 aliphatic carbocycles. The molecule has 1 saturated carbocycles. The summed E-state index contributed by atoms with van der Waals surface area (Å²) in [6, 6.07) is 0.434. The van der Waals surface area contributed by atoms with Gasteiger partial charge in [0.1, 0.15) is 0 Å². The van der Waals surface area contributed by atoms with E-state index in [4.69, 9.17) is 4.74 Å². The van der Waals surface area contributed by atoms with Gasteiger partial charge in [0.15, 0.2) is 0 Å². The molecule has 0 aliphatic heterocycles. The van der Waals surface area contributed by atoms with Crippen LogP contribution in [0.1, 0.15) is 32.6 Å². The van der Waals surface area contributed by atoms with E-state index in [-0.39, 0.29) is 5.60 Å². The van der Waals surface area contributed by atoms with Crippen molar-refractivity contribution in [3.05, 3.63) is 12.2 Å². The van der Waals surface area contributed by atoms with Crippen LogP contribution >= 0.6 is 0 Å². The van der Waals surface area contributed by atoms with Gasteiger partial charge in [-0.2, -0.15) is 0 Å². The lowest BCUT2D eigenvalue weighted by molar-refractivity contribution is -0.0966. The van der Waals surface area contributed by atoms with Gasteiger partial charge in [-0.3, -0.25) is 0 Å². The van der Waals surface area contributed by atoms with Gasteiger partial charge in [0.25, 0.3) is 0 Å². The molecule has 0 aromatic carbocycles. The third-order valence-electron chi connectivity index (χ3n) is 3.14. The first-order chi connectivity index (χ1) is 6.14. The highest BCUT2D eigenvalue weighted by atomic mass is 16.5. The number of nitrogens with one attached hydrogen (secondary N) is 1. The SMILES string of the molecule is C=C(C)CC(NC)C1(OC)CCC1. The van der Waals surface area contributed by atoms with Crippen molar-refractivity contribution in [3.8, 4) is 0 Å². The quantitative estimate of drug-likeness (QED) is 0.659. The normalized spacial score (nSPS) is 22.1. The topological polar surface area (TPSA) is 21.3 Å². The van der Waals surface area contributed by atoms with E-state index in [1.165, 1.54) is 24.8 Å². The molecule has 1 rings (SSSR count). The van der Waals surface area contributed by atoms with Gasteiger partial charge in [-0.15, -0.1) is 6.58 Å². The van der Waals surface area contributed by atoms with E-state index in [0.29, 0.717) is 6.04 Å². The maximum atomic E-state index is 5.62. The van der Waals surface area contributed by atoms with Crippen molar-refractivity contribution >= 4 is 0 Å². The van der Waals surface area contributed by atoms with Crippen molar-refractivity contribution in [1.29, 1.82) is 0 Å². The minimum atomic E-state index is 0.0910. The Morgan fingerprint density at radius 1 is 1.62 bits per heavy atom. The van der Waals surface area contributed by atoms with Gasteiger partial charge in [0.2, 0.25) is 0 Å². The molecule has 0 bridgehead atoms. The van der Waals surface area contributed by atoms with Crippen LogP contribution in [0.25, 0.3) is 0 Å². The molecule has 0 aromatic heterocycles. The van der Waals surface area contributed by atoms with Crippen LogP contribution in [0.5, 0.6) is 0 Å². The number of methoxy groups -OCH3 is 1. The lowest BCUT2D eigenvalue weighted by Gasteiger charge is -2.46. The molecule has 1 N–H and O–H groups in total. The third-order valence-corrected chi connectivity index (χ3v) is 3.14. The molecular formula is C11H21NO. The summed E-state index contributed by atoms with van der Waals surface area (Å²) in [6.07, 6.45) is 4.68. The summed E-state index contributed by atoms with van der Waals surface area (Å²) in [7, 11) is 3.83. The second-order valence-electron chi connectivity index (χ2n) is 4.12. The molecule has 76 valence electrons. The molecule has 0 radical (unpaired) electrons. The zero-order valence-electron chi connectivity index (χ0n) is 9.02. The Hall–Kier alpha value is -0.340. The van der Waals surface area contributed by atoms with Crippen LogP contribution < -0.4 is 5.32 Å². The van der Waals surface area contributed by atoms with Crippen LogP contribution in [0.3, 0.4) is 0 Å². The highest BCUT2D eigenvalue weighted by Crippen LogP contribution is 2.39. The van der Waals surface area contributed by atoms with E-state index >= 15 is 0 Å². The number of hydrogen-bond donors (Lipinski definition) is 1. The van der Waals surface area contributed by atoms with Crippen molar-refractivity contribution < 1.29 is 4.74 Å². The largest absolute Gasteiger partial charge is 0.377 e. The minimum absolute atomic E-state index is 0.0910. The summed E-state index contributed by atoms with van der Waals surface area (Å²) in [5.74, 6) is 0. The Balaban J connectivity index is 2.57. The average molecular weight is 183 g/mol. The van der Waals surface area contributed by atoms with Crippen molar-refractivity contribution in [1.82, 2.24) is 5.32 Å². The Morgan fingerprint density at radius 3 is 2.46 bits per heavy atom. The number of likely N-dealkylation sites (N-methyl/N-ethyl adjacent to an activating group) is 1. The zero-order chi connectivity index (χ0) is 9.90. The standard InChI is InChI=1S/C11H21NO/c1-9(2)8-10(12-3)11(13-4)6-5-7-11/h10,12H,1,5-8H2,2-4H3. The van der Waals surface area contributed by atoms with Gasteiger partial charge < -0.3 is 10.1 Å². The van der Waals surface area contributed by atoms with Gasteiger partial charge in [-0.25, -0.2) is 0 Å². The van der Waals surface area contributed by atoms with E-state index in [1.807, 2.05) is 14.2 Å². The van der Waals surface area contributed by atoms with E-state index < -0.39 is 0 Å². The predicted molar refractivity (Wildman–Crippen MR) is 55.9 cm³/mol. The highest BCUT2D eigenvalue weighted by molar-refractivity contribution is 5.05. The molecule has 0 amide bonds. The summed E-state index contributed by atoms with van der Waals surface area (Å²) >= 11 is 0. The first kappa shape index (κ1) is 10.7. The molecule has 1 atom stereocenters. The molecule has 0 spiro atoms. The van der Waals surface area contributed by atoms with E-state index in [1.54, 1.807) is 0 Å². The van der Waals surface area contributed by atoms with Gasteiger partial charge in [0.05, 0.1) is 5.60 Å². The molecule has 0 saturated heterocycles. The van der Waals surface area contributed by atoms with E-state index in [2.05, 4.69) is 18.8 Å². The molecular weight excluding hydrogens is 162 g/mol. The molecule has 2 heteroatoms. The lowest BCUT2D eigenvalue weighted by Crippen LogP contribution is -2.55. The molecule has 2 nitrogen and oxygen atoms in total. The lowest BCUT2D eigenvalue weighted by atomic mass is 9.73. The number of ether oxygens (including phenoxy) is 1. The molecule has 0 heterocycles. The van der Waals surface area contributed by atoms with Crippen molar-refractivity contribution in [2.75, 3.05) is 14.2 Å². The summed E-state index contributed by atoms with van der Waals surface area (Å²) in [6.45, 7) is 6.03. The van der Waals surface area contributed by atoms with E-state index in [9.17, 15) is 0 Å². The Morgan fingerprint density at radius 2 is 2.23 bits per heavy atom. The monoisotopic (exact) mass is 183 g/mol. The molecule has 0 aromatic rings.